The minimum Gasteiger partial charge on any atom is -0.481 e. The van der Waals surface area contributed by atoms with Crippen molar-refractivity contribution in [3.05, 3.63) is 81.9 Å². The van der Waals surface area contributed by atoms with E-state index in [0.717, 1.165) is 11.1 Å². The standard InChI is InChI=1S/C16H13NO3/c18-17(19)11-13-10-16(12-6-2-1-3-7-12)20-15-9-5-4-8-14(13)15/h1-10,16H,11H2. The molecule has 1 atom stereocenters. The third-order valence-corrected chi connectivity index (χ3v) is 3.27. The number of rotatable bonds is 3. The maximum Gasteiger partial charge on any atom is 0.229 e. The molecule has 4 nitrogen and oxygen atoms in total. The average molecular weight is 267 g/mol. The lowest BCUT2D eigenvalue weighted by atomic mass is 9.97. The Morgan fingerprint density at radius 3 is 2.50 bits per heavy atom. The van der Waals surface area contributed by atoms with E-state index in [1.165, 1.54) is 0 Å². The second-order valence-corrected chi connectivity index (χ2v) is 4.63. The van der Waals surface area contributed by atoms with E-state index in [-0.39, 0.29) is 17.6 Å². The van der Waals surface area contributed by atoms with Crippen LogP contribution in [0.3, 0.4) is 0 Å². The summed E-state index contributed by atoms with van der Waals surface area (Å²) in [7, 11) is 0. The zero-order valence-electron chi connectivity index (χ0n) is 10.7. The molecule has 20 heavy (non-hydrogen) atoms. The highest BCUT2D eigenvalue weighted by molar-refractivity contribution is 5.73. The molecule has 0 aliphatic carbocycles. The van der Waals surface area contributed by atoms with Crippen molar-refractivity contribution in [3.63, 3.8) is 0 Å². The molecule has 0 amide bonds. The lowest BCUT2D eigenvalue weighted by Crippen LogP contribution is -2.15. The Balaban J connectivity index is 2.02. The van der Waals surface area contributed by atoms with Crippen LogP contribution in [0.1, 0.15) is 17.2 Å². The van der Waals surface area contributed by atoms with Gasteiger partial charge in [0, 0.05) is 16.1 Å². The number of hydrogen-bond donors (Lipinski definition) is 0. The summed E-state index contributed by atoms with van der Waals surface area (Å²) in [5.74, 6) is 0.695. The molecule has 0 radical (unpaired) electrons. The van der Waals surface area contributed by atoms with Gasteiger partial charge in [-0.3, -0.25) is 10.1 Å². The molecular weight excluding hydrogens is 254 g/mol. The van der Waals surface area contributed by atoms with Crippen molar-refractivity contribution in [2.24, 2.45) is 0 Å². The maximum absolute atomic E-state index is 10.8. The van der Waals surface area contributed by atoms with E-state index in [0.29, 0.717) is 11.3 Å². The molecule has 0 saturated heterocycles. The first-order valence-electron chi connectivity index (χ1n) is 6.37. The van der Waals surface area contributed by atoms with Gasteiger partial charge in [-0.05, 0) is 17.7 Å². The van der Waals surface area contributed by atoms with E-state index in [9.17, 15) is 10.1 Å². The molecule has 1 heterocycles. The van der Waals surface area contributed by atoms with Crippen molar-refractivity contribution >= 4 is 5.57 Å². The van der Waals surface area contributed by atoms with Crippen LogP contribution in [0.5, 0.6) is 5.75 Å². The van der Waals surface area contributed by atoms with Crippen LogP contribution in [0, 0.1) is 10.1 Å². The Morgan fingerprint density at radius 1 is 1.05 bits per heavy atom. The molecule has 2 aromatic rings. The summed E-state index contributed by atoms with van der Waals surface area (Å²) in [5.41, 5.74) is 2.49. The molecule has 1 unspecified atom stereocenters. The summed E-state index contributed by atoms with van der Waals surface area (Å²) in [6, 6.07) is 17.1. The lowest BCUT2D eigenvalue weighted by molar-refractivity contribution is -0.465. The highest BCUT2D eigenvalue weighted by atomic mass is 16.6. The van der Waals surface area contributed by atoms with Gasteiger partial charge in [-0.15, -0.1) is 0 Å². The van der Waals surface area contributed by atoms with Crippen LogP contribution in [0.2, 0.25) is 0 Å². The van der Waals surface area contributed by atoms with Gasteiger partial charge in [0.1, 0.15) is 11.9 Å². The van der Waals surface area contributed by atoms with Crippen LogP contribution in [0.4, 0.5) is 0 Å². The summed E-state index contributed by atoms with van der Waals surface area (Å²) in [5, 5.41) is 10.8. The number of ether oxygens (including phenoxy) is 1. The predicted molar refractivity (Wildman–Crippen MR) is 76.1 cm³/mol. The van der Waals surface area contributed by atoms with Gasteiger partial charge in [-0.25, -0.2) is 0 Å². The summed E-state index contributed by atoms with van der Waals surface area (Å²) in [6.45, 7) is -0.191. The summed E-state index contributed by atoms with van der Waals surface area (Å²) < 4.78 is 5.93. The van der Waals surface area contributed by atoms with Crippen LogP contribution in [0.15, 0.2) is 60.7 Å². The van der Waals surface area contributed by atoms with Crippen LogP contribution >= 0.6 is 0 Å². The smallest absolute Gasteiger partial charge is 0.229 e. The second-order valence-electron chi connectivity index (χ2n) is 4.63. The average Bonchev–Trinajstić information content (AvgIpc) is 2.47. The Morgan fingerprint density at radius 2 is 1.75 bits per heavy atom. The molecule has 100 valence electrons. The fourth-order valence-corrected chi connectivity index (χ4v) is 2.36. The molecule has 1 aliphatic heterocycles. The third-order valence-electron chi connectivity index (χ3n) is 3.27. The van der Waals surface area contributed by atoms with Crippen LogP contribution < -0.4 is 4.74 Å². The fraction of sp³-hybridized carbons (Fsp3) is 0.125. The van der Waals surface area contributed by atoms with Crippen molar-refractivity contribution in [1.82, 2.24) is 0 Å². The fourth-order valence-electron chi connectivity index (χ4n) is 2.36. The number of fused-ring (bicyclic) bond motifs is 1. The van der Waals surface area contributed by atoms with E-state index < -0.39 is 0 Å². The minimum atomic E-state index is -0.310. The topological polar surface area (TPSA) is 52.4 Å². The number of nitrogens with zero attached hydrogens (tertiary/aromatic N) is 1. The molecule has 0 saturated carbocycles. The van der Waals surface area contributed by atoms with Crippen molar-refractivity contribution in [2.75, 3.05) is 6.54 Å². The Kier molecular flexibility index (Phi) is 3.21. The van der Waals surface area contributed by atoms with Gasteiger partial charge < -0.3 is 4.74 Å². The largest absolute Gasteiger partial charge is 0.481 e. The van der Waals surface area contributed by atoms with Gasteiger partial charge in [0.05, 0.1) is 0 Å². The van der Waals surface area contributed by atoms with Crippen molar-refractivity contribution in [2.45, 2.75) is 6.10 Å². The number of benzene rings is 2. The first kappa shape index (κ1) is 12.4. The Labute approximate surface area is 116 Å². The van der Waals surface area contributed by atoms with E-state index >= 15 is 0 Å². The molecule has 0 fully saturated rings. The number of hydrogen-bond acceptors (Lipinski definition) is 3. The van der Waals surface area contributed by atoms with Gasteiger partial charge in [0.2, 0.25) is 6.54 Å². The zero-order chi connectivity index (χ0) is 13.9. The summed E-state index contributed by atoms with van der Waals surface area (Å²) in [6.07, 6.45) is 1.56. The zero-order valence-corrected chi connectivity index (χ0v) is 10.7. The number of para-hydroxylation sites is 1. The molecule has 2 aromatic carbocycles. The van der Waals surface area contributed by atoms with Crippen molar-refractivity contribution in [3.8, 4) is 5.75 Å². The quantitative estimate of drug-likeness (QED) is 0.632. The van der Waals surface area contributed by atoms with Gasteiger partial charge in [0.25, 0.3) is 0 Å². The SMILES string of the molecule is O=[N+]([O-])CC1=CC(c2ccccc2)Oc2ccccc21. The van der Waals surface area contributed by atoms with Crippen LogP contribution in [-0.4, -0.2) is 11.5 Å². The first-order chi connectivity index (χ1) is 9.74. The lowest BCUT2D eigenvalue weighted by Gasteiger charge is -2.24. The van der Waals surface area contributed by atoms with E-state index in [1.54, 1.807) is 0 Å². The second kappa shape index (κ2) is 5.17. The molecule has 0 N–H and O–H groups in total. The van der Waals surface area contributed by atoms with Gasteiger partial charge in [0.15, 0.2) is 0 Å². The normalized spacial score (nSPS) is 16.8. The van der Waals surface area contributed by atoms with Crippen molar-refractivity contribution in [1.29, 1.82) is 0 Å². The first-order valence-corrected chi connectivity index (χ1v) is 6.37. The van der Waals surface area contributed by atoms with E-state index in [4.69, 9.17) is 4.74 Å². The van der Waals surface area contributed by atoms with Gasteiger partial charge in [-0.2, -0.15) is 0 Å². The molecule has 1 aliphatic rings. The monoisotopic (exact) mass is 267 g/mol. The molecule has 0 spiro atoms. The van der Waals surface area contributed by atoms with E-state index in [2.05, 4.69) is 0 Å². The van der Waals surface area contributed by atoms with Crippen molar-refractivity contribution < 1.29 is 9.66 Å². The summed E-state index contributed by atoms with van der Waals surface area (Å²) in [4.78, 5) is 10.5. The molecule has 0 bridgehead atoms. The van der Waals surface area contributed by atoms with Gasteiger partial charge >= 0.3 is 0 Å². The highest BCUT2D eigenvalue weighted by Crippen LogP contribution is 2.37. The molecular formula is C16H13NO3. The predicted octanol–water partition coefficient (Wildman–Crippen LogP) is 3.48. The summed E-state index contributed by atoms with van der Waals surface area (Å²) >= 11 is 0. The van der Waals surface area contributed by atoms with Gasteiger partial charge in [-0.1, -0.05) is 48.5 Å². The minimum absolute atomic E-state index is 0.191. The molecule has 3 rings (SSSR count). The van der Waals surface area contributed by atoms with E-state index in [1.807, 2.05) is 60.7 Å². The third kappa shape index (κ3) is 2.40. The Hall–Kier alpha value is -2.62. The van der Waals surface area contributed by atoms with Crippen LogP contribution in [0.25, 0.3) is 5.57 Å². The maximum atomic E-state index is 10.8. The Bertz CT molecular complexity index is 664. The van der Waals surface area contributed by atoms with Crippen LogP contribution in [-0.2, 0) is 0 Å². The number of nitro groups is 1. The molecule has 4 heteroatoms. The highest BCUT2D eigenvalue weighted by Gasteiger charge is 2.23. The molecule has 0 aromatic heterocycles.